The maximum absolute atomic E-state index is 13.2. The highest BCUT2D eigenvalue weighted by Gasteiger charge is 2.35. The summed E-state index contributed by atoms with van der Waals surface area (Å²) in [7, 11) is 3.27. The summed E-state index contributed by atoms with van der Waals surface area (Å²) in [4.78, 5) is 29.3. The molecule has 2 aromatic rings. The highest BCUT2D eigenvalue weighted by Crippen LogP contribution is 2.31. The van der Waals surface area contributed by atoms with Crippen LogP contribution in [0.5, 0.6) is 0 Å². The maximum Gasteiger partial charge on any atom is 0.433 e. The molecule has 0 saturated carbocycles. The van der Waals surface area contributed by atoms with Crippen molar-refractivity contribution in [2.75, 3.05) is 61.6 Å². The molecular weight excluding hydrogens is 401 g/mol. The van der Waals surface area contributed by atoms with E-state index in [2.05, 4.69) is 15.0 Å². The number of hydrogen-bond acceptors (Lipinski definition) is 8. The molecule has 1 aliphatic rings. The molecule has 8 nitrogen and oxygen atoms in total. The number of aromatic nitrogens is 3. The van der Waals surface area contributed by atoms with Crippen LogP contribution in [0.2, 0.25) is 0 Å². The maximum atomic E-state index is 13.2. The van der Waals surface area contributed by atoms with Gasteiger partial charge in [0, 0.05) is 52.5 Å². The highest BCUT2D eigenvalue weighted by atomic mass is 19.4. The van der Waals surface area contributed by atoms with Crippen molar-refractivity contribution in [2.45, 2.75) is 13.1 Å². The van der Waals surface area contributed by atoms with Gasteiger partial charge in [-0.2, -0.15) is 18.2 Å². The number of esters is 1. The Labute approximate surface area is 172 Å². The number of ether oxygens (including phenoxy) is 1. The van der Waals surface area contributed by atoms with Crippen molar-refractivity contribution < 1.29 is 22.7 Å². The first-order valence-electron chi connectivity index (χ1n) is 9.45. The summed E-state index contributed by atoms with van der Waals surface area (Å²) in [6.07, 6.45) is -3.09. The van der Waals surface area contributed by atoms with Crippen LogP contribution in [0.25, 0.3) is 0 Å². The fourth-order valence-corrected chi connectivity index (χ4v) is 2.98. The van der Waals surface area contributed by atoms with Crippen LogP contribution in [0.15, 0.2) is 24.4 Å². The number of hydrogen-bond donors (Lipinski definition) is 0. The Kier molecular flexibility index (Phi) is 6.28. The molecule has 3 heterocycles. The fraction of sp³-hybridized carbons (Fsp3) is 0.474. The minimum atomic E-state index is -4.55. The van der Waals surface area contributed by atoms with Gasteiger partial charge >= 0.3 is 12.1 Å². The van der Waals surface area contributed by atoms with Crippen LogP contribution in [-0.2, 0) is 10.9 Å². The van der Waals surface area contributed by atoms with Gasteiger partial charge in [0.2, 0.25) is 5.95 Å². The van der Waals surface area contributed by atoms with Gasteiger partial charge in [0.25, 0.3) is 0 Å². The number of carbonyl (C=O) groups excluding carboxylic acids is 1. The topological polar surface area (TPSA) is 74.7 Å². The Balaban J connectivity index is 1.71. The van der Waals surface area contributed by atoms with E-state index < -0.39 is 17.8 Å². The van der Waals surface area contributed by atoms with Gasteiger partial charge in [-0.3, -0.25) is 0 Å². The Hall–Kier alpha value is -3.11. The molecular formula is C19H23F3N6O2. The predicted molar refractivity (Wildman–Crippen MR) is 106 cm³/mol. The predicted octanol–water partition coefficient (Wildman–Crippen LogP) is 2.46. The fourth-order valence-electron chi connectivity index (χ4n) is 2.98. The summed E-state index contributed by atoms with van der Waals surface area (Å²) in [5.74, 6) is 0.506. The van der Waals surface area contributed by atoms with Crippen molar-refractivity contribution in [3.05, 3.63) is 35.7 Å². The zero-order chi connectivity index (χ0) is 21.9. The molecule has 0 aliphatic carbocycles. The number of alkyl halides is 3. The molecule has 3 rings (SSSR count). The van der Waals surface area contributed by atoms with Crippen molar-refractivity contribution >= 4 is 23.6 Å². The zero-order valence-corrected chi connectivity index (χ0v) is 17.0. The lowest BCUT2D eigenvalue weighted by molar-refractivity contribution is -0.141. The second kappa shape index (κ2) is 8.72. The summed E-state index contributed by atoms with van der Waals surface area (Å²) < 4.78 is 44.6. The molecule has 0 bridgehead atoms. The minimum absolute atomic E-state index is 0.0544. The van der Waals surface area contributed by atoms with Crippen LogP contribution in [0, 0.1) is 0 Å². The van der Waals surface area contributed by atoms with Crippen LogP contribution in [0.1, 0.15) is 23.0 Å². The monoisotopic (exact) mass is 424 g/mol. The van der Waals surface area contributed by atoms with Gasteiger partial charge in [0.1, 0.15) is 11.6 Å². The molecule has 1 aliphatic heterocycles. The number of halogens is 3. The van der Waals surface area contributed by atoms with Gasteiger partial charge < -0.3 is 19.4 Å². The third kappa shape index (κ3) is 4.89. The van der Waals surface area contributed by atoms with Crippen LogP contribution in [0.3, 0.4) is 0 Å². The number of nitrogens with zero attached hydrogens (tertiary/aromatic N) is 6. The third-order valence-corrected chi connectivity index (χ3v) is 4.59. The lowest BCUT2D eigenvalue weighted by Gasteiger charge is -2.35. The Bertz CT molecular complexity index is 881. The van der Waals surface area contributed by atoms with Gasteiger partial charge in [0.05, 0.1) is 12.2 Å². The van der Waals surface area contributed by atoms with Crippen molar-refractivity contribution in [1.29, 1.82) is 0 Å². The molecule has 11 heteroatoms. The average molecular weight is 424 g/mol. The first-order valence-corrected chi connectivity index (χ1v) is 9.45. The molecule has 0 unspecified atom stereocenters. The van der Waals surface area contributed by atoms with Crippen molar-refractivity contribution in [2.24, 2.45) is 0 Å². The summed E-state index contributed by atoms with van der Waals surface area (Å²) in [6, 6.07) is 4.31. The number of anilines is 3. The second-order valence-electron chi connectivity index (χ2n) is 6.90. The zero-order valence-electron chi connectivity index (χ0n) is 17.0. The average Bonchev–Trinajstić information content (AvgIpc) is 2.73. The normalized spacial score (nSPS) is 14.6. The minimum Gasteiger partial charge on any atom is -0.462 e. The Morgan fingerprint density at radius 2 is 1.80 bits per heavy atom. The van der Waals surface area contributed by atoms with Crippen molar-refractivity contribution in [3.8, 4) is 0 Å². The summed E-state index contributed by atoms with van der Waals surface area (Å²) in [5, 5.41) is 0. The molecule has 1 fully saturated rings. The molecule has 0 aromatic carbocycles. The van der Waals surface area contributed by atoms with Gasteiger partial charge in [0.15, 0.2) is 5.69 Å². The van der Waals surface area contributed by atoms with Crippen LogP contribution >= 0.6 is 0 Å². The summed E-state index contributed by atoms with van der Waals surface area (Å²) in [6.45, 7) is 3.96. The van der Waals surface area contributed by atoms with Crippen LogP contribution in [-0.4, -0.2) is 67.8 Å². The molecule has 1 saturated heterocycles. The quantitative estimate of drug-likeness (QED) is 0.678. The largest absolute Gasteiger partial charge is 0.462 e. The van der Waals surface area contributed by atoms with Crippen LogP contribution in [0.4, 0.5) is 30.8 Å². The third-order valence-electron chi connectivity index (χ3n) is 4.59. The molecule has 2 aromatic heterocycles. The van der Waals surface area contributed by atoms with Gasteiger partial charge in [-0.1, -0.05) is 0 Å². The van der Waals surface area contributed by atoms with E-state index in [9.17, 15) is 18.0 Å². The van der Waals surface area contributed by atoms with E-state index in [1.165, 1.54) is 11.1 Å². The molecule has 0 N–H and O–H groups in total. The molecule has 30 heavy (non-hydrogen) atoms. The smallest absolute Gasteiger partial charge is 0.433 e. The van der Waals surface area contributed by atoms with Gasteiger partial charge in [-0.25, -0.2) is 14.8 Å². The van der Waals surface area contributed by atoms with E-state index in [0.717, 1.165) is 6.07 Å². The van der Waals surface area contributed by atoms with Crippen molar-refractivity contribution in [3.63, 3.8) is 0 Å². The first kappa shape index (κ1) is 21.6. The van der Waals surface area contributed by atoms with E-state index in [4.69, 9.17) is 4.74 Å². The Morgan fingerprint density at radius 1 is 1.13 bits per heavy atom. The molecule has 0 radical (unpaired) electrons. The summed E-state index contributed by atoms with van der Waals surface area (Å²) >= 11 is 0. The number of pyridine rings is 1. The number of rotatable bonds is 5. The molecule has 0 atom stereocenters. The van der Waals surface area contributed by atoms with Crippen LogP contribution < -0.4 is 14.7 Å². The lowest BCUT2D eigenvalue weighted by Crippen LogP contribution is -2.47. The lowest BCUT2D eigenvalue weighted by atomic mass is 10.2. The van der Waals surface area contributed by atoms with E-state index in [1.807, 2.05) is 4.90 Å². The van der Waals surface area contributed by atoms with E-state index >= 15 is 0 Å². The van der Waals surface area contributed by atoms with E-state index in [1.54, 1.807) is 38.1 Å². The van der Waals surface area contributed by atoms with Gasteiger partial charge in [-0.05, 0) is 19.1 Å². The number of piperazine rings is 1. The van der Waals surface area contributed by atoms with Gasteiger partial charge in [-0.15, -0.1) is 0 Å². The first-order chi connectivity index (χ1) is 14.2. The molecule has 162 valence electrons. The summed E-state index contributed by atoms with van der Waals surface area (Å²) in [5.41, 5.74) is -0.595. The standard InChI is InChI=1S/C19H23F3N6O2/c1-4-30-17(29)13-5-6-15(23-12-13)27-7-9-28(10-8-27)18-24-14(19(20,21)22)11-16(25-18)26(2)3/h5-6,11-12H,4,7-10H2,1-3H3. The Morgan fingerprint density at radius 3 is 2.33 bits per heavy atom. The second-order valence-corrected chi connectivity index (χ2v) is 6.90. The highest BCUT2D eigenvalue weighted by molar-refractivity contribution is 5.89. The van der Waals surface area contributed by atoms with E-state index in [0.29, 0.717) is 37.6 Å². The molecule has 0 amide bonds. The van der Waals surface area contributed by atoms with Crippen molar-refractivity contribution in [1.82, 2.24) is 15.0 Å². The SMILES string of the molecule is CCOC(=O)c1ccc(N2CCN(c3nc(N(C)C)cc(C(F)(F)F)n3)CC2)nc1. The van der Waals surface area contributed by atoms with E-state index in [-0.39, 0.29) is 18.4 Å². The molecule has 0 spiro atoms. The number of carbonyl (C=O) groups is 1.